The summed E-state index contributed by atoms with van der Waals surface area (Å²) in [5.41, 5.74) is 2.53. The number of hydrogen-bond donors (Lipinski definition) is 1. The second kappa shape index (κ2) is 9.56. The SMILES string of the molecule is O=C(Cc1csc(-c2cnccn2)n1)NCc1ccnc(N2CCCCCC2)c1. The van der Waals surface area contributed by atoms with E-state index in [0.717, 1.165) is 40.9 Å². The Kier molecular flexibility index (Phi) is 6.41. The van der Waals surface area contributed by atoms with Crippen LogP contribution >= 0.6 is 11.3 Å². The molecule has 0 spiro atoms. The lowest BCUT2D eigenvalue weighted by Crippen LogP contribution is -2.26. The summed E-state index contributed by atoms with van der Waals surface area (Å²) < 4.78 is 0. The van der Waals surface area contributed by atoms with Gasteiger partial charge in [0, 0.05) is 43.6 Å². The number of rotatable bonds is 6. The van der Waals surface area contributed by atoms with Crippen LogP contribution in [0.1, 0.15) is 36.9 Å². The zero-order valence-corrected chi connectivity index (χ0v) is 17.1. The van der Waals surface area contributed by atoms with Crippen molar-refractivity contribution in [2.24, 2.45) is 0 Å². The van der Waals surface area contributed by atoms with E-state index in [1.807, 2.05) is 17.6 Å². The van der Waals surface area contributed by atoms with Crippen molar-refractivity contribution in [3.8, 4) is 10.7 Å². The van der Waals surface area contributed by atoms with Crippen LogP contribution in [0.15, 0.2) is 42.3 Å². The van der Waals surface area contributed by atoms with Gasteiger partial charge in [-0.25, -0.2) is 9.97 Å². The summed E-state index contributed by atoms with van der Waals surface area (Å²) >= 11 is 1.47. The van der Waals surface area contributed by atoms with Gasteiger partial charge in [0.2, 0.25) is 5.91 Å². The van der Waals surface area contributed by atoms with Gasteiger partial charge in [0.15, 0.2) is 0 Å². The van der Waals surface area contributed by atoms with Crippen molar-refractivity contribution in [1.82, 2.24) is 25.3 Å². The van der Waals surface area contributed by atoms with Gasteiger partial charge in [0.05, 0.1) is 18.3 Å². The summed E-state index contributed by atoms with van der Waals surface area (Å²) in [6, 6.07) is 4.04. The van der Waals surface area contributed by atoms with Crippen LogP contribution in [0.4, 0.5) is 5.82 Å². The Hall–Kier alpha value is -2.87. The molecule has 0 aliphatic carbocycles. The maximum atomic E-state index is 12.4. The number of pyridine rings is 1. The lowest BCUT2D eigenvalue weighted by Gasteiger charge is -2.21. The van der Waals surface area contributed by atoms with Gasteiger partial charge in [-0.3, -0.25) is 14.8 Å². The molecule has 1 aliphatic rings. The van der Waals surface area contributed by atoms with Gasteiger partial charge < -0.3 is 10.2 Å². The quantitative estimate of drug-likeness (QED) is 0.674. The highest BCUT2D eigenvalue weighted by atomic mass is 32.1. The predicted octanol–water partition coefficient (Wildman–Crippen LogP) is 3.23. The van der Waals surface area contributed by atoms with Crippen molar-refractivity contribution in [1.29, 1.82) is 0 Å². The summed E-state index contributed by atoms with van der Waals surface area (Å²) in [6.45, 7) is 2.60. The predicted molar refractivity (Wildman–Crippen MR) is 114 cm³/mol. The Bertz CT molecular complexity index is 937. The molecule has 3 aromatic heterocycles. The van der Waals surface area contributed by atoms with E-state index in [1.54, 1.807) is 18.6 Å². The lowest BCUT2D eigenvalue weighted by atomic mass is 10.2. The van der Waals surface area contributed by atoms with E-state index in [0.29, 0.717) is 6.54 Å². The van der Waals surface area contributed by atoms with Crippen molar-refractivity contribution in [2.45, 2.75) is 38.6 Å². The van der Waals surface area contributed by atoms with Gasteiger partial charge in [-0.1, -0.05) is 12.8 Å². The highest BCUT2D eigenvalue weighted by Crippen LogP contribution is 2.21. The van der Waals surface area contributed by atoms with E-state index in [1.165, 1.54) is 37.0 Å². The van der Waals surface area contributed by atoms with Gasteiger partial charge in [0.25, 0.3) is 0 Å². The monoisotopic (exact) mass is 408 g/mol. The zero-order valence-electron chi connectivity index (χ0n) is 16.3. The molecular weight excluding hydrogens is 384 g/mol. The van der Waals surface area contributed by atoms with E-state index in [2.05, 4.69) is 36.2 Å². The number of carbonyl (C=O) groups is 1. The minimum atomic E-state index is -0.0471. The van der Waals surface area contributed by atoms with E-state index in [-0.39, 0.29) is 12.3 Å². The third-order valence-corrected chi connectivity index (χ3v) is 5.82. The molecule has 0 bridgehead atoms. The van der Waals surface area contributed by atoms with Gasteiger partial charge >= 0.3 is 0 Å². The topological polar surface area (TPSA) is 83.9 Å². The van der Waals surface area contributed by atoms with Gasteiger partial charge in [0.1, 0.15) is 16.5 Å². The molecule has 1 saturated heterocycles. The molecule has 3 aromatic rings. The van der Waals surface area contributed by atoms with Gasteiger partial charge in [-0.15, -0.1) is 11.3 Å². The summed E-state index contributed by atoms with van der Waals surface area (Å²) in [5.74, 6) is 0.959. The molecule has 7 nitrogen and oxygen atoms in total. The van der Waals surface area contributed by atoms with Crippen molar-refractivity contribution in [3.63, 3.8) is 0 Å². The smallest absolute Gasteiger partial charge is 0.226 e. The van der Waals surface area contributed by atoms with Crippen LogP contribution in [-0.4, -0.2) is 38.9 Å². The third kappa shape index (κ3) is 5.35. The fraction of sp³-hybridized carbons (Fsp3) is 0.381. The summed E-state index contributed by atoms with van der Waals surface area (Å²) in [6.07, 6.45) is 12.0. The maximum absolute atomic E-state index is 12.4. The summed E-state index contributed by atoms with van der Waals surface area (Å²) in [4.78, 5) is 32.0. The van der Waals surface area contributed by atoms with E-state index < -0.39 is 0 Å². The van der Waals surface area contributed by atoms with Crippen molar-refractivity contribution in [3.05, 3.63) is 53.6 Å². The van der Waals surface area contributed by atoms with Crippen molar-refractivity contribution >= 4 is 23.1 Å². The van der Waals surface area contributed by atoms with Crippen LogP contribution < -0.4 is 10.2 Å². The first kappa shape index (κ1) is 19.4. The summed E-state index contributed by atoms with van der Waals surface area (Å²) in [5, 5.41) is 5.66. The number of amides is 1. The molecule has 150 valence electrons. The molecule has 1 fully saturated rings. The normalized spacial score (nSPS) is 14.4. The second-order valence-corrected chi connectivity index (χ2v) is 7.97. The third-order valence-electron chi connectivity index (χ3n) is 4.91. The molecule has 1 amide bonds. The number of anilines is 1. The molecule has 1 N–H and O–H groups in total. The Balaban J connectivity index is 1.32. The lowest BCUT2D eigenvalue weighted by molar-refractivity contribution is -0.120. The molecule has 8 heteroatoms. The van der Waals surface area contributed by atoms with Gasteiger partial charge in [-0.05, 0) is 30.5 Å². The first-order chi connectivity index (χ1) is 14.3. The van der Waals surface area contributed by atoms with Crippen molar-refractivity contribution < 1.29 is 4.79 Å². The molecular formula is C21H24N6OS. The number of aromatic nitrogens is 4. The molecule has 4 heterocycles. The Morgan fingerprint density at radius 3 is 2.76 bits per heavy atom. The number of nitrogens with zero attached hydrogens (tertiary/aromatic N) is 5. The number of thiazole rings is 1. The Morgan fingerprint density at radius 1 is 1.10 bits per heavy atom. The Morgan fingerprint density at radius 2 is 1.97 bits per heavy atom. The standard InChI is InChI=1S/C21H24N6OS/c28-20(12-17-15-29-21(26-17)18-14-22-7-8-23-18)25-13-16-5-6-24-19(11-16)27-9-3-1-2-4-10-27/h5-8,11,14-15H,1-4,9-10,12-13H2,(H,25,28). The van der Waals surface area contributed by atoms with Crippen molar-refractivity contribution in [2.75, 3.05) is 18.0 Å². The van der Waals surface area contributed by atoms with Crippen LogP contribution in [0.25, 0.3) is 10.7 Å². The largest absolute Gasteiger partial charge is 0.357 e. The molecule has 0 unspecified atom stereocenters. The fourth-order valence-electron chi connectivity index (χ4n) is 3.39. The highest BCUT2D eigenvalue weighted by molar-refractivity contribution is 7.13. The minimum absolute atomic E-state index is 0.0471. The number of nitrogens with one attached hydrogen (secondary N) is 1. The van der Waals surface area contributed by atoms with Crippen LogP contribution in [0.5, 0.6) is 0 Å². The first-order valence-electron chi connectivity index (χ1n) is 9.95. The average Bonchev–Trinajstić information content (AvgIpc) is 3.05. The molecule has 4 rings (SSSR count). The zero-order chi connectivity index (χ0) is 19.9. The van der Waals surface area contributed by atoms with E-state index in [9.17, 15) is 4.79 Å². The first-order valence-corrected chi connectivity index (χ1v) is 10.8. The highest BCUT2D eigenvalue weighted by Gasteiger charge is 2.13. The second-order valence-electron chi connectivity index (χ2n) is 7.11. The number of carbonyl (C=O) groups excluding carboxylic acids is 1. The maximum Gasteiger partial charge on any atom is 0.226 e. The van der Waals surface area contributed by atoms with E-state index >= 15 is 0 Å². The van der Waals surface area contributed by atoms with Crippen LogP contribution in [-0.2, 0) is 17.8 Å². The average molecular weight is 409 g/mol. The molecule has 0 radical (unpaired) electrons. The number of hydrogen-bond acceptors (Lipinski definition) is 7. The molecule has 1 aliphatic heterocycles. The van der Waals surface area contributed by atoms with Crippen LogP contribution in [0.2, 0.25) is 0 Å². The molecule has 29 heavy (non-hydrogen) atoms. The van der Waals surface area contributed by atoms with Gasteiger partial charge in [-0.2, -0.15) is 0 Å². The molecule has 0 atom stereocenters. The van der Waals surface area contributed by atoms with Crippen LogP contribution in [0, 0.1) is 0 Å². The fourth-order valence-corrected chi connectivity index (χ4v) is 4.17. The molecule has 0 aromatic carbocycles. The van der Waals surface area contributed by atoms with E-state index in [4.69, 9.17) is 0 Å². The summed E-state index contributed by atoms with van der Waals surface area (Å²) in [7, 11) is 0. The molecule has 0 saturated carbocycles. The van der Waals surface area contributed by atoms with Crippen LogP contribution in [0.3, 0.4) is 0 Å². The Labute approximate surface area is 174 Å². The minimum Gasteiger partial charge on any atom is -0.357 e.